The van der Waals surface area contributed by atoms with Crippen LogP contribution in [0.3, 0.4) is 0 Å². The van der Waals surface area contributed by atoms with Crippen LogP contribution in [-0.2, 0) is 69.6 Å². The van der Waals surface area contributed by atoms with E-state index in [1.165, 1.54) is 9.80 Å². The summed E-state index contributed by atoms with van der Waals surface area (Å²) in [4.78, 5) is 56.8. The molecule has 0 bridgehead atoms. The Balaban J connectivity index is 0.000000288. The van der Waals surface area contributed by atoms with Gasteiger partial charge in [0.25, 0.3) is 0 Å². The van der Waals surface area contributed by atoms with Crippen LogP contribution in [0.5, 0.6) is 0 Å². The summed E-state index contributed by atoms with van der Waals surface area (Å²) in [6, 6.07) is 6.92. The van der Waals surface area contributed by atoms with Gasteiger partial charge in [0, 0.05) is 25.2 Å². The van der Waals surface area contributed by atoms with Crippen LogP contribution in [0.25, 0.3) is 0 Å². The molecular weight excluding hydrogens is 1060 g/mol. The van der Waals surface area contributed by atoms with Gasteiger partial charge in [-0.1, -0.05) is 26.0 Å². The molecule has 4 amide bonds. The second-order valence-corrected chi connectivity index (χ2v) is 18.7. The quantitative estimate of drug-likeness (QED) is 0.114. The molecule has 4 aromatic carbocycles. The zero-order chi connectivity index (χ0) is 58.6. The number of ether oxygens (including phenoxy) is 4. The number of fused-ring (bicyclic) bond motifs is 2. The molecule has 4 atom stereocenters. The summed E-state index contributed by atoms with van der Waals surface area (Å²) in [5.41, 5.74) is -1.20. The van der Waals surface area contributed by atoms with Crippen molar-refractivity contribution in [1.29, 1.82) is 0 Å². The van der Waals surface area contributed by atoms with Crippen molar-refractivity contribution >= 4 is 35.7 Å². The van der Waals surface area contributed by atoms with Crippen LogP contribution in [0.2, 0.25) is 0 Å². The SMILES string of the molecule is CCOC(=O)N1c2cc(C)c(C)cc2[C@@H](N(Cc2cc(C(F)(F)F)cc(C(F)(F)F)c2)C(=O)OC)C[C@H]1C.CCOC(=O)N1c2cc(CC)c(CC)cc2C(N(Cc2cc(C(F)(F)F)cc(C(F)(F)F)c2)C(=O)OC)CC1C. The predicted octanol–water partition coefficient (Wildman–Crippen LogP) is 15.3. The number of carbonyl (C=O) groups is 4. The maximum Gasteiger partial charge on any atom is 0.416 e. The summed E-state index contributed by atoms with van der Waals surface area (Å²) >= 11 is 0. The third-order valence-corrected chi connectivity index (χ3v) is 13.5. The topological polar surface area (TPSA) is 118 Å². The maximum absolute atomic E-state index is 13.5. The van der Waals surface area contributed by atoms with Gasteiger partial charge in [-0.05, 0) is 160 Å². The normalized spacial score (nSPS) is 17.5. The Bertz CT molecular complexity index is 2770. The number of halogens is 12. The number of alkyl halides is 12. The minimum atomic E-state index is -5.04. The average molecular weight is 1120 g/mol. The molecule has 6 rings (SSSR count). The third kappa shape index (κ3) is 14.0. The van der Waals surface area contributed by atoms with Crippen LogP contribution in [0.4, 0.5) is 83.2 Å². The van der Waals surface area contributed by atoms with Crippen LogP contribution in [0.1, 0.15) is 133 Å². The van der Waals surface area contributed by atoms with Crippen molar-refractivity contribution in [3.63, 3.8) is 0 Å². The van der Waals surface area contributed by atoms with Crippen molar-refractivity contribution in [2.75, 3.05) is 37.2 Å². The first kappa shape index (κ1) is 62.0. The maximum atomic E-state index is 13.5. The fourth-order valence-electron chi connectivity index (χ4n) is 9.70. The first-order valence-electron chi connectivity index (χ1n) is 24.7. The third-order valence-electron chi connectivity index (χ3n) is 13.5. The Hall–Kier alpha value is -6.88. The van der Waals surface area contributed by atoms with E-state index < -0.39 is 109 Å². The number of benzene rings is 4. The van der Waals surface area contributed by atoms with E-state index in [1.807, 2.05) is 39.8 Å². The van der Waals surface area contributed by atoms with Gasteiger partial charge >= 0.3 is 49.1 Å². The van der Waals surface area contributed by atoms with Gasteiger partial charge in [-0.15, -0.1) is 0 Å². The Kier molecular flexibility index (Phi) is 19.4. The highest BCUT2D eigenvalue weighted by Crippen LogP contribution is 2.46. The summed E-state index contributed by atoms with van der Waals surface area (Å²) in [5, 5.41) is 0. The summed E-state index contributed by atoms with van der Waals surface area (Å²) in [7, 11) is 2.15. The lowest BCUT2D eigenvalue weighted by atomic mass is 9.86. The largest absolute Gasteiger partial charge is 0.453 e. The number of hydrogen-bond donors (Lipinski definition) is 0. The molecule has 2 aliphatic heterocycles. The zero-order valence-corrected chi connectivity index (χ0v) is 44.3. The number of anilines is 2. The molecule has 78 heavy (non-hydrogen) atoms. The number of hydrogen-bond acceptors (Lipinski definition) is 8. The van der Waals surface area contributed by atoms with E-state index in [0.717, 1.165) is 46.3 Å². The highest BCUT2D eigenvalue weighted by Gasteiger charge is 2.44. The number of carbonyl (C=O) groups excluding carboxylic acids is 4. The average Bonchev–Trinajstić information content (AvgIpc) is 3.39. The Morgan fingerprint density at radius 2 is 0.821 bits per heavy atom. The number of amides is 4. The summed E-state index contributed by atoms with van der Waals surface area (Å²) in [6.45, 7) is 13.3. The number of nitrogens with zero attached hydrogens (tertiary/aromatic N) is 4. The highest BCUT2D eigenvalue weighted by atomic mass is 19.4. The van der Waals surface area contributed by atoms with Crippen LogP contribution >= 0.6 is 0 Å². The standard InChI is InChI=1S/C28H32F6N2O4.C26H28F6N2O4/c1-6-18-12-22-23(9-16(4)36(26(38)40-8-3)24(22)13-19(18)7-2)35(25(37)39-5)15-17-10-20(27(29,30)31)14-21(11-17)28(32,33)34;1-6-38-24(36)34-16(4)9-21(20-7-14(2)15(3)8-22(20)34)33(23(35)37-5)13-17-10-18(25(27,28)29)12-19(11-17)26(30,31)32/h10-14,16,23H,6-9,15H2,1-5H3;7-8,10-12,16,21H,6,9,13H2,1-5H3/t;16-,21+/m.1/s1. The molecule has 2 unspecified atom stereocenters. The Morgan fingerprint density at radius 1 is 0.500 bits per heavy atom. The molecule has 0 fully saturated rings. The molecule has 0 aliphatic carbocycles. The van der Waals surface area contributed by atoms with Crippen LogP contribution in [0.15, 0.2) is 60.7 Å². The fraction of sp³-hybridized carbons (Fsp3) is 0.481. The van der Waals surface area contributed by atoms with Crippen molar-refractivity contribution in [3.8, 4) is 0 Å². The lowest BCUT2D eigenvalue weighted by Crippen LogP contribution is -2.47. The van der Waals surface area contributed by atoms with Gasteiger partial charge in [-0.2, -0.15) is 52.7 Å². The minimum absolute atomic E-state index is 0.0350. The van der Waals surface area contributed by atoms with E-state index in [-0.39, 0.29) is 49.3 Å². The molecule has 24 heteroatoms. The van der Waals surface area contributed by atoms with Crippen LogP contribution in [0, 0.1) is 13.8 Å². The fourth-order valence-corrected chi connectivity index (χ4v) is 9.70. The van der Waals surface area contributed by atoms with Gasteiger partial charge < -0.3 is 18.9 Å². The van der Waals surface area contributed by atoms with Crippen molar-refractivity contribution in [2.24, 2.45) is 0 Å². The van der Waals surface area contributed by atoms with Gasteiger partial charge in [-0.25, -0.2) is 19.2 Å². The Labute approximate surface area is 443 Å². The number of rotatable bonds is 10. The molecule has 0 radical (unpaired) electrons. The lowest BCUT2D eigenvalue weighted by Gasteiger charge is -2.43. The molecule has 0 spiro atoms. The zero-order valence-electron chi connectivity index (χ0n) is 44.3. The van der Waals surface area contributed by atoms with Crippen molar-refractivity contribution in [2.45, 2.75) is 143 Å². The predicted molar refractivity (Wildman–Crippen MR) is 263 cm³/mol. The highest BCUT2D eigenvalue weighted by molar-refractivity contribution is 5.92. The van der Waals surface area contributed by atoms with E-state index in [4.69, 9.17) is 18.9 Å². The van der Waals surface area contributed by atoms with E-state index in [9.17, 15) is 71.9 Å². The molecule has 0 N–H and O–H groups in total. The molecule has 0 aromatic heterocycles. The Morgan fingerprint density at radius 3 is 1.14 bits per heavy atom. The van der Waals surface area contributed by atoms with Gasteiger partial charge in [0.05, 0.1) is 73.1 Å². The summed E-state index contributed by atoms with van der Waals surface area (Å²) in [6.07, 6.45) is -21.7. The smallest absolute Gasteiger partial charge is 0.416 e. The number of methoxy groups -OCH3 is 2. The van der Waals surface area contributed by atoms with Gasteiger partial charge in [0.2, 0.25) is 0 Å². The molecule has 0 saturated carbocycles. The lowest BCUT2D eigenvalue weighted by molar-refractivity contribution is -0.144. The van der Waals surface area contributed by atoms with Crippen LogP contribution < -0.4 is 9.80 Å². The van der Waals surface area contributed by atoms with Crippen LogP contribution in [-0.4, -0.2) is 73.7 Å². The van der Waals surface area contributed by atoms with Crippen molar-refractivity contribution in [1.82, 2.24) is 9.80 Å². The molecule has 2 aliphatic rings. The van der Waals surface area contributed by atoms with Gasteiger partial charge in [-0.3, -0.25) is 19.6 Å². The van der Waals surface area contributed by atoms with Crippen molar-refractivity contribution in [3.05, 3.63) is 127 Å². The van der Waals surface area contributed by atoms with E-state index in [2.05, 4.69) is 0 Å². The second kappa shape index (κ2) is 24.4. The monoisotopic (exact) mass is 1120 g/mol. The molecular formula is C54H60F12N4O8. The van der Waals surface area contributed by atoms with E-state index >= 15 is 0 Å². The van der Waals surface area contributed by atoms with E-state index in [0.29, 0.717) is 59.6 Å². The summed E-state index contributed by atoms with van der Waals surface area (Å²) in [5.74, 6) is 0. The molecule has 428 valence electrons. The summed E-state index contributed by atoms with van der Waals surface area (Å²) < 4.78 is 182. The molecule has 12 nitrogen and oxygen atoms in total. The first-order chi connectivity index (χ1) is 36.2. The first-order valence-corrected chi connectivity index (χ1v) is 24.7. The number of aryl methyl sites for hydroxylation is 4. The second-order valence-electron chi connectivity index (χ2n) is 18.7. The molecule has 2 heterocycles. The van der Waals surface area contributed by atoms with Gasteiger partial charge in [0.1, 0.15) is 0 Å². The van der Waals surface area contributed by atoms with Crippen molar-refractivity contribution < 1.29 is 90.8 Å². The minimum Gasteiger partial charge on any atom is -0.453 e. The van der Waals surface area contributed by atoms with E-state index in [1.54, 1.807) is 39.8 Å². The molecule has 4 aromatic rings. The molecule has 0 saturated heterocycles. The van der Waals surface area contributed by atoms with Gasteiger partial charge in [0.15, 0.2) is 0 Å².